The maximum atomic E-state index is 13.3. The van der Waals surface area contributed by atoms with Crippen LogP contribution in [0.5, 0.6) is 11.5 Å². The number of halogens is 2. The Hall–Kier alpha value is -3.68. The fourth-order valence-electron chi connectivity index (χ4n) is 2.55. The average Bonchev–Trinajstić information content (AvgIpc) is 3.13. The monoisotopic (exact) mass is 369 g/mol. The average molecular weight is 369 g/mol. The first kappa shape index (κ1) is 16.8. The minimum Gasteiger partial charge on any atom is -0.454 e. The predicted molar refractivity (Wildman–Crippen MR) is 94.4 cm³/mol. The summed E-state index contributed by atoms with van der Waals surface area (Å²) in [6.45, 7) is 0.181. The van der Waals surface area contributed by atoms with Gasteiger partial charge in [-0.2, -0.15) is 0 Å². The van der Waals surface area contributed by atoms with E-state index in [9.17, 15) is 13.6 Å². The summed E-state index contributed by atoms with van der Waals surface area (Å²) in [5.41, 5.74) is 1.71. The van der Waals surface area contributed by atoms with E-state index in [4.69, 9.17) is 9.47 Å². The standard InChI is InChI=1S/C19H13F2N3O3/c20-15-3-1-12(6-16(15)21)24-19(25)11-5-14(9-22-8-11)23-13-2-4-17-18(7-13)27-10-26-17/h1-9,23H,10H2,(H,24,25). The lowest BCUT2D eigenvalue weighted by molar-refractivity contribution is 0.102. The van der Waals surface area contributed by atoms with Gasteiger partial charge in [0, 0.05) is 29.7 Å². The topological polar surface area (TPSA) is 72.5 Å². The second kappa shape index (κ2) is 6.91. The molecular formula is C19H13F2N3O3. The highest BCUT2D eigenvalue weighted by Gasteiger charge is 2.14. The van der Waals surface area contributed by atoms with E-state index in [1.165, 1.54) is 12.3 Å². The van der Waals surface area contributed by atoms with Crippen molar-refractivity contribution in [1.82, 2.24) is 4.98 Å². The van der Waals surface area contributed by atoms with Crippen molar-refractivity contribution < 1.29 is 23.0 Å². The summed E-state index contributed by atoms with van der Waals surface area (Å²) in [7, 11) is 0. The van der Waals surface area contributed by atoms with Crippen LogP contribution < -0.4 is 20.1 Å². The number of hydrogen-bond donors (Lipinski definition) is 2. The fourth-order valence-corrected chi connectivity index (χ4v) is 2.55. The van der Waals surface area contributed by atoms with Crippen LogP contribution in [0.25, 0.3) is 0 Å². The first-order valence-electron chi connectivity index (χ1n) is 7.96. The number of carbonyl (C=O) groups excluding carboxylic acids is 1. The van der Waals surface area contributed by atoms with Crippen molar-refractivity contribution in [3.8, 4) is 11.5 Å². The lowest BCUT2D eigenvalue weighted by Gasteiger charge is -2.09. The third kappa shape index (κ3) is 3.64. The van der Waals surface area contributed by atoms with Gasteiger partial charge >= 0.3 is 0 Å². The van der Waals surface area contributed by atoms with E-state index in [1.54, 1.807) is 24.4 Å². The molecule has 1 aliphatic rings. The van der Waals surface area contributed by atoms with E-state index in [0.29, 0.717) is 17.2 Å². The smallest absolute Gasteiger partial charge is 0.257 e. The van der Waals surface area contributed by atoms with Crippen LogP contribution in [0.3, 0.4) is 0 Å². The van der Waals surface area contributed by atoms with Crippen molar-refractivity contribution >= 4 is 23.0 Å². The van der Waals surface area contributed by atoms with Crippen molar-refractivity contribution in [1.29, 1.82) is 0 Å². The Morgan fingerprint density at radius 3 is 2.56 bits per heavy atom. The van der Waals surface area contributed by atoms with Gasteiger partial charge in [0.2, 0.25) is 6.79 Å². The molecule has 2 N–H and O–H groups in total. The van der Waals surface area contributed by atoms with E-state index in [1.807, 2.05) is 6.07 Å². The van der Waals surface area contributed by atoms with Gasteiger partial charge < -0.3 is 20.1 Å². The Morgan fingerprint density at radius 1 is 0.889 bits per heavy atom. The number of benzene rings is 2. The third-order valence-electron chi connectivity index (χ3n) is 3.84. The maximum absolute atomic E-state index is 13.3. The highest BCUT2D eigenvalue weighted by atomic mass is 19.2. The predicted octanol–water partition coefficient (Wildman–Crippen LogP) is 4.08. The summed E-state index contributed by atoms with van der Waals surface area (Å²) < 4.78 is 36.8. The van der Waals surface area contributed by atoms with Crippen molar-refractivity contribution in [2.24, 2.45) is 0 Å². The molecule has 0 bridgehead atoms. The zero-order valence-electron chi connectivity index (χ0n) is 13.8. The van der Waals surface area contributed by atoms with Crippen LogP contribution in [0, 0.1) is 11.6 Å². The van der Waals surface area contributed by atoms with Crippen molar-refractivity contribution in [2.75, 3.05) is 17.4 Å². The van der Waals surface area contributed by atoms with Gasteiger partial charge in [-0.25, -0.2) is 8.78 Å². The number of nitrogens with zero attached hydrogens (tertiary/aromatic N) is 1. The van der Waals surface area contributed by atoms with Crippen LogP contribution in [0.1, 0.15) is 10.4 Å². The first-order chi connectivity index (χ1) is 13.1. The lowest BCUT2D eigenvalue weighted by atomic mass is 10.2. The highest BCUT2D eigenvalue weighted by molar-refractivity contribution is 6.04. The summed E-state index contributed by atoms with van der Waals surface area (Å²) in [6, 6.07) is 10.1. The van der Waals surface area contributed by atoms with Crippen LogP contribution >= 0.6 is 0 Å². The Labute approximate surface area is 152 Å². The number of amides is 1. The molecule has 1 aromatic heterocycles. The first-order valence-corrected chi connectivity index (χ1v) is 7.96. The summed E-state index contributed by atoms with van der Waals surface area (Å²) in [4.78, 5) is 16.4. The van der Waals surface area contributed by atoms with Crippen LogP contribution in [0.2, 0.25) is 0 Å². The van der Waals surface area contributed by atoms with E-state index in [0.717, 1.165) is 17.8 Å². The molecular weight excluding hydrogens is 356 g/mol. The highest BCUT2D eigenvalue weighted by Crippen LogP contribution is 2.35. The van der Waals surface area contributed by atoms with Crippen molar-refractivity contribution in [3.05, 3.63) is 72.1 Å². The molecule has 4 rings (SSSR count). The molecule has 8 heteroatoms. The number of nitrogens with one attached hydrogen (secondary N) is 2. The molecule has 2 aromatic carbocycles. The number of aromatic nitrogens is 1. The van der Waals surface area contributed by atoms with Crippen LogP contribution in [0.15, 0.2) is 54.9 Å². The number of fused-ring (bicyclic) bond motifs is 1. The summed E-state index contributed by atoms with van der Waals surface area (Å²) in [6.07, 6.45) is 2.93. The molecule has 0 radical (unpaired) electrons. The van der Waals surface area contributed by atoms with Gasteiger partial charge in [0.05, 0.1) is 17.4 Å². The van der Waals surface area contributed by atoms with Crippen molar-refractivity contribution in [2.45, 2.75) is 0 Å². The Kier molecular flexibility index (Phi) is 4.29. The van der Waals surface area contributed by atoms with Gasteiger partial charge in [-0.15, -0.1) is 0 Å². The Balaban J connectivity index is 1.49. The molecule has 0 spiro atoms. The molecule has 0 aliphatic carbocycles. The van der Waals surface area contributed by atoms with E-state index in [-0.39, 0.29) is 18.0 Å². The molecule has 136 valence electrons. The number of hydrogen-bond acceptors (Lipinski definition) is 5. The van der Waals surface area contributed by atoms with Gasteiger partial charge in [0.25, 0.3) is 5.91 Å². The number of ether oxygens (including phenoxy) is 2. The summed E-state index contributed by atoms with van der Waals surface area (Å²) >= 11 is 0. The van der Waals surface area contributed by atoms with Crippen molar-refractivity contribution in [3.63, 3.8) is 0 Å². The molecule has 2 heterocycles. The second-order valence-electron chi connectivity index (χ2n) is 5.74. The molecule has 1 aliphatic heterocycles. The van der Waals surface area contributed by atoms with Gasteiger partial charge in [-0.1, -0.05) is 0 Å². The molecule has 0 atom stereocenters. The number of anilines is 3. The lowest BCUT2D eigenvalue weighted by Crippen LogP contribution is -2.12. The normalized spacial score (nSPS) is 11.9. The molecule has 0 unspecified atom stereocenters. The SMILES string of the molecule is O=C(Nc1ccc(F)c(F)c1)c1cncc(Nc2ccc3c(c2)OCO3)c1. The summed E-state index contributed by atoms with van der Waals surface area (Å²) in [5, 5.41) is 5.62. The molecule has 0 saturated carbocycles. The number of pyridine rings is 1. The number of rotatable bonds is 4. The van der Waals surface area contributed by atoms with E-state index < -0.39 is 17.5 Å². The molecule has 0 fully saturated rings. The van der Waals surface area contributed by atoms with E-state index in [2.05, 4.69) is 15.6 Å². The molecule has 6 nitrogen and oxygen atoms in total. The van der Waals surface area contributed by atoms with Crippen LogP contribution in [-0.2, 0) is 0 Å². The zero-order chi connectivity index (χ0) is 18.8. The second-order valence-corrected chi connectivity index (χ2v) is 5.74. The third-order valence-corrected chi connectivity index (χ3v) is 3.84. The molecule has 1 amide bonds. The van der Waals surface area contributed by atoms with Crippen LogP contribution in [-0.4, -0.2) is 17.7 Å². The van der Waals surface area contributed by atoms with Gasteiger partial charge in [0.1, 0.15) is 0 Å². The minimum atomic E-state index is -1.04. The van der Waals surface area contributed by atoms with E-state index >= 15 is 0 Å². The molecule has 27 heavy (non-hydrogen) atoms. The van der Waals surface area contributed by atoms with Gasteiger partial charge in [0.15, 0.2) is 23.1 Å². The molecule has 3 aromatic rings. The molecule has 0 saturated heterocycles. The minimum absolute atomic E-state index is 0.146. The fraction of sp³-hybridized carbons (Fsp3) is 0.0526. The largest absolute Gasteiger partial charge is 0.454 e. The number of carbonyl (C=O) groups is 1. The Bertz CT molecular complexity index is 1030. The Morgan fingerprint density at radius 2 is 1.70 bits per heavy atom. The summed E-state index contributed by atoms with van der Waals surface area (Å²) in [5.74, 6) is -1.23. The van der Waals surface area contributed by atoms with Crippen LogP contribution in [0.4, 0.5) is 25.8 Å². The maximum Gasteiger partial charge on any atom is 0.257 e. The van der Waals surface area contributed by atoms with Gasteiger partial charge in [-0.3, -0.25) is 9.78 Å². The van der Waals surface area contributed by atoms with Gasteiger partial charge in [-0.05, 0) is 30.3 Å². The zero-order valence-corrected chi connectivity index (χ0v) is 13.8. The quantitative estimate of drug-likeness (QED) is 0.725.